The van der Waals surface area contributed by atoms with Crippen molar-refractivity contribution in [1.82, 2.24) is 0 Å². The largest absolute Gasteiger partial charge is 0.418 e. The van der Waals surface area contributed by atoms with Gasteiger partial charge in [-0.05, 0) is 13.0 Å². The monoisotopic (exact) mass is 131 g/mol. The Morgan fingerprint density at radius 1 is 1.75 bits per heavy atom. The van der Waals surface area contributed by atoms with Crippen molar-refractivity contribution in [1.29, 1.82) is 0 Å². The van der Waals surface area contributed by atoms with Gasteiger partial charge >= 0.3 is 0 Å². The molecule has 0 aromatic heterocycles. The van der Waals surface area contributed by atoms with Gasteiger partial charge in [0.2, 0.25) is 9.76 Å². The highest BCUT2D eigenvalue weighted by Crippen LogP contribution is 1.84. The van der Waals surface area contributed by atoms with Crippen LogP contribution in [-0.4, -0.2) is 22.4 Å². The molecule has 48 valence electrons. The van der Waals surface area contributed by atoms with Gasteiger partial charge in [-0.2, -0.15) is 0 Å². The van der Waals surface area contributed by atoms with Crippen LogP contribution in [0, 0.1) is 0 Å². The molecule has 2 radical (unpaired) electrons. The highest BCUT2D eigenvalue weighted by Gasteiger charge is 1.93. The summed E-state index contributed by atoms with van der Waals surface area (Å²) in [5, 5.41) is 0. The Morgan fingerprint density at radius 3 is 2.75 bits per heavy atom. The van der Waals surface area contributed by atoms with Gasteiger partial charge in [0.15, 0.2) is 0 Å². The molecule has 0 fully saturated rings. The van der Waals surface area contributed by atoms with Crippen molar-refractivity contribution in [2.75, 3.05) is 6.61 Å². The Hall–Kier alpha value is 0.137. The highest BCUT2D eigenvalue weighted by molar-refractivity contribution is 6.27. The van der Waals surface area contributed by atoms with E-state index in [9.17, 15) is 0 Å². The highest BCUT2D eigenvalue weighted by atomic mass is 28.2. The van der Waals surface area contributed by atoms with Gasteiger partial charge in [-0.1, -0.05) is 6.92 Å². The smallest absolute Gasteiger partial charge is 0.231 e. The summed E-state index contributed by atoms with van der Waals surface area (Å²) < 4.78 is 5.09. The van der Waals surface area contributed by atoms with Crippen molar-refractivity contribution < 1.29 is 4.43 Å². The van der Waals surface area contributed by atoms with E-state index in [1.54, 1.807) is 0 Å². The topological polar surface area (TPSA) is 35.2 Å². The zero-order valence-electron chi connectivity index (χ0n) is 5.48. The molecule has 0 aromatic carbocycles. The fourth-order valence-corrected chi connectivity index (χ4v) is 0.877. The Labute approximate surface area is 53.4 Å². The van der Waals surface area contributed by atoms with Crippen molar-refractivity contribution in [2.45, 2.75) is 25.9 Å². The first-order valence-electron chi connectivity index (χ1n) is 2.87. The van der Waals surface area contributed by atoms with Gasteiger partial charge < -0.3 is 10.2 Å². The van der Waals surface area contributed by atoms with E-state index < -0.39 is 0 Å². The number of rotatable bonds is 4. The fourth-order valence-electron chi connectivity index (χ4n) is 0.292. The van der Waals surface area contributed by atoms with Gasteiger partial charge in [0.05, 0.1) is 0 Å². The second kappa shape index (κ2) is 5.28. The van der Waals surface area contributed by atoms with E-state index >= 15 is 0 Å². The zero-order valence-corrected chi connectivity index (χ0v) is 6.48. The third-order valence-corrected chi connectivity index (χ3v) is 1.96. The first kappa shape index (κ1) is 8.14. The van der Waals surface area contributed by atoms with E-state index in [0.717, 1.165) is 12.7 Å². The number of nitrogens with two attached hydrogens (primary N) is 1. The van der Waals surface area contributed by atoms with Crippen molar-refractivity contribution in [3.63, 3.8) is 0 Å². The lowest BCUT2D eigenvalue weighted by Crippen LogP contribution is -2.17. The Balaban J connectivity index is 2.72. The second-order valence-electron chi connectivity index (χ2n) is 1.76. The molecule has 0 spiro atoms. The van der Waals surface area contributed by atoms with E-state index in [1.807, 2.05) is 13.8 Å². The fraction of sp³-hybridized carbons (Fsp3) is 1.00. The summed E-state index contributed by atoms with van der Waals surface area (Å²) in [7, 11) is 0.588. The molecule has 3 heteroatoms. The molecule has 0 heterocycles. The lowest BCUT2D eigenvalue weighted by Gasteiger charge is -2.00. The third-order valence-electron chi connectivity index (χ3n) is 0.652. The molecule has 1 atom stereocenters. The molecule has 8 heavy (non-hydrogen) atoms. The molecule has 2 N–H and O–H groups in total. The normalized spacial score (nSPS) is 13.9. The maximum Gasteiger partial charge on any atom is 0.231 e. The molecular weight excluding hydrogens is 118 g/mol. The third kappa shape index (κ3) is 6.14. The molecule has 0 amide bonds. The van der Waals surface area contributed by atoms with Crippen LogP contribution in [0.2, 0.25) is 6.04 Å². The van der Waals surface area contributed by atoms with Gasteiger partial charge in [-0.3, -0.25) is 0 Å². The van der Waals surface area contributed by atoms with E-state index in [2.05, 4.69) is 0 Å². The van der Waals surface area contributed by atoms with E-state index in [-0.39, 0.29) is 0 Å². The first-order valence-corrected chi connectivity index (χ1v) is 3.99. The lowest BCUT2D eigenvalue weighted by molar-refractivity contribution is 0.358. The molecule has 2 nitrogen and oxygen atoms in total. The Morgan fingerprint density at radius 2 is 2.38 bits per heavy atom. The molecule has 0 saturated carbocycles. The summed E-state index contributed by atoms with van der Waals surface area (Å²) >= 11 is 0. The summed E-state index contributed by atoms with van der Waals surface area (Å²) in [6.07, 6.45) is 0. The Kier molecular flexibility index (Phi) is 5.37. The summed E-state index contributed by atoms with van der Waals surface area (Å²) in [4.78, 5) is 0. The maximum absolute atomic E-state index is 5.46. The molecule has 0 rings (SSSR count). The van der Waals surface area contributed by atoms with Crippen LogP contribution in [0.15, 0.2) is 0 Å². The summed E-state index contributed by atoms with van der Waals surface area (Å²) in [6, 6.07) is 1.29. The maximum atomic E-state index is 5.46. The van der Waals surface area contributed by atoms with Gasteiger partial charge in [0.1, 0.15) is 0 Å². The lowest BCUT2D eigenvalue weighted by atomic mass is 10.4. The molecule has 0 aliphatic rings. The second-order valence-corrected chi connectivity index (χ2v) is 2.74. The minimum Gasteiger partial charge on any atom is -0.418 e. The summed E-state index contributed by atoms with van der Waals surface area (Å²) in [5.74, 6) is 0. The van der Waals surface area contributed by atoms with Gasteiger partial charge in [0.25, 0.3) is 0 Å². The molecule has 0 bridgehead atoms. The van der Waals surface area contributed by atoms with Crippen LogP contribution in [0.3, 0.4) is 0 Å². The SMILES string of the molecule is CCO[Si]CC(C)N. The molecular formula is C5H13NOSi. The summed E-state index contributed by atoms with van der Waals surface area (Å²) in [5.41, 5.74) is 5.46. The first-order chi connectivity index (χ1) is 3.77. The molecule has 0 aromatic rings. The number of hydrogen-bond acceptors (Lipinski definition) is 2. The molecule has 1 unspecified atom stereocenters. The van der Waals surface area contributed by atoms with Crippen molar-refractivity contribution >= 4 is 9.76 Å². The van der Waals surface area contributed by atoms with Gasteiger partial charge in [0, 0.05) is 12.6 Å². The standard InChI is InChI=1S/C5H13NOSi/c1-3-7-8-4-5(2)6/h5H,3-4,6H2,1-2H3. The van der Waals surface area contributed by atoms with Crippen molar-refractivity contribution in [3.8, 4) is 0 Å². The van der Waals surface area contributed by atoms with Crippen LogP contribution >= 0.6 is 0 Å². The number of hydrogen-bond donors (Lipinski definition) is 1. The predicted molar refractivity (Wildman–Crippen MR) is 35.8 cm³/mol. The van der Waals surface area contributed by atoms with Crippen LogP contribution in [-0.2, 0) is 4.43 Å². The van der Waals surface area contributed by atoms with Crippen LogP contribution in [0.1, 0.15) is 13.8 Å². The van der Waals surface area contributed by atoms with Crippen LogP contribution in [0.4, 0.5) is 0 Å². The van der Waals surface area contributed by atoms with Crippen LogP contribution in [0.5, 0.6) is 0 Å². The van der Waals surface area contributed by atoms with Gasteiger partial charge in [-0.25, -0.2) is 0 Å². The van der Waals surface area contributed by atoms with Crippen LogP contribution < -0.4 is 5.73 Å². The zero-order chi connectivity index (χ0) is 6.41. The molecule has 0 aliphatic carbocycles. The van der Waals surface area contributed by atoms with Crippen LogP contribution in [0.25, 0.3) is 0 Å². The Bertz CT molecular complexity index is 49.7. The quantitative estimate of drug-likeness (QED) is 0.443. The summed E-state index contributed by atoms with van der Waals surface area (Å²) in [6.45, 7) is 4.80. The molecule has 0 aliphatic heterocycles. The van der Waals surface area contributed by atoms with E-state index in [4.69, 9.17) is 10.2 Å². The van der Waals surface area contributed by atoms with Gasteiger partial charge in [-0.15, -0.1) is 0 Å². The van der Waals surface area contributed by atoms with Crippen molar-refractivity contribution in [3.05, 3.63) is 0 Å². The van der Waals surface area contributed by atoms with E-state index in [1.165, 1.54) is 0 Å². The predicted octanol–water partition coefficient (Wildman–Crippen LogP) is 0.408. The minimum absolute atomic E-state index is 0.292. The minimum atomic E-state index is 0.292. The van der Waals surface area contributed by atoms with E-state index in [0.29, 0.717) is 15.8 Å². The van der Waals surface area contributed by atoms with Crippen molar-refractivity contribution in [2.24, 2.45) is 5.73 Å². The molecule has 0 saturated heterocycles. The average Bonchev–Trinajstić information content (AvgIpc) is 1.66. The average molecular weight is 131 g/mol.